The minimum atomic E-state index is -0.256. The number of piperidine rings is 1. The molecule has 2 fully saturated rings. The fourth-order valence-electron chi connectivity index (χ4n) is 3.75. The molecule has 2 amide bonds. The topological polar surface area (TPSA) is 89.1 Å². The van der Waals surface area contributed by atoms with Crippen molar-refractivity contribution >= 4 is 23.2 Å². The number of primary amides is 1. The number of anilines is 2. The van der Waals surface area contributed by atoms with Crippen LogP contribution in [0.15, 0.2) is 24.3 Å². The van der Waals surface area contributed by atoms with E-state index in [4.69, 9.17) is 10.5 Å². The quantitative estimate of drug-likeness (QED) is 0.668. The minimum Gasteiger partial charge on any atom is -0.378 e. The number of hydrogen-bond acceptors (Lipinski definition) is 4. The summed E-state index contributed by atoms with van der Waals surface area (Å²) < 4.78 is 5.37. The largest absolute Gasteiger partial charge is 0.378 e. The van der Waals surface area contributed by atoms with E-state index in [1.165, 1.54) is 0 Å². The van der Waals surface area contributed by atoms with E-state index in [0.717, 1.165) is 62.0 Å². The van der Waals surface area contributed by atoms with Gasteiger partial charge in [0.2, 0.25) is 5.91 Å². The van der Waals surface area contributed by atoms with Crippen molar-refractivity contribution < 1.29 is 19.2 Å². The molecular formula is C19H29N4O3+. The molecule has 3 atom stereocenters. The van der Waals surface area contributed by atoms with E-state index in [1.54, 1.807) is 0 Å². The fraction of sp³-hybridized carbons (Fsp3) is 0.579. The number of quaternary nitrogens is 1. The number of benzene rings is 1. The van der Waals surface area contributed by atoms with Crippen molar-refractivity contribution in [3.63, 3.8) is 0 Å². The molecule has 0 aromatic heterocycles. The van der Waals surface area contributed by atoms with Crippen LogP contribution in [0.1, 0.15) is 19.8 Å². The summed E-state index contributed by atoms with van der Waals surface area (Å²) in [7, 11) is 0. The second-order valence-electron chi connectivity index (χ2n) is 7.21. The SMILES string of the molecule is C[C@@H](C(=O)Nc1ccc(N2CCOCC2)cc1)[NH+]1CCC[C@H](C(N)=O)C1. The van der Waals surface area contributed by atoms with Crippen LogP contribution in [0.4, 0.5) is 11.4 Å². The highest BCUT2D eigenvalue weighted by Crippen LogP contribution is 2.19. The van der Waals surface area contributed by atoms with E-state index < -0.39 is 0 Å². The van der Waals surface area contributed by atoms with Crippen LogP contribution in [0.3, 0.4) is 0 Å². The smallest absolute Gasteiger partial charge is 0.282 e. The van der Waals surface area contributed by atoms with Crippen LogP contribution in [-0.4, -0.2) is 57.2 Å². The first-order chi connectivity index (χ1) is 12.5. The molecule has 3 rings (SSSR count). The van der Waals surface area contributed by atoms with Crippen LogP contribution in [0.5, 0.6) is 0 Å². The van der Waals surface area contributed by atoms with Gasteiger partial charge < -0.3 is 25.6 Å². The number of likely N-dealkylation sites (tertiary alicyclic amines) is 1. The number of nitrogens with two attached hydrogens (primary N) is 1. The predicted octanol–water partition coefficient (Wildman–Crippen LogP) is -0.370. The number of rotatable bonds is 5. The normalized spacial score (nSPS) is 24.7. The zero-order chi connectivity index (χ0) is 18.5. The molecule has 26 heavy (non-hydrogen) atoms. The summed E-state index contributed by atoms with van der Waals surface area (Å²) in [6, 6.07) is 7.72. The number of amides is 2. The standard InChI is InChI=1S/C19H28N4O3/c1-14(23-8-2-3-15(13-23)18(20)24)19(25)21-16-4-6-17(7-5-16)22-9-11-26-12-10-22/h4-7,14-15H,2-3,8-13H2,1H3,(H2,20,24)(H,21,25)/p+1/t14-,15-/m0/s1. The summed E-state index contributed by atoms with van der Waals surface area (Å²) in [5, 5.41) is 2.99. The molecule has 0 bridgehead atoms. The van der Waals surface area contributed by atoms with Crippen LogP contribution in [0, 0.1) is 5.92 Å². The van der Waals surface area contributed by atoms with Crippen LogP contribution in [0.25, 0.3) is 0 Å². The van der Waals surface area contributed by atoms with Crippen LogP contribution in [-0.2, 0) is 14.3 Å². The number of hydrogen-bond donors (Lipinski definition) is 3. The first-order valence-electron chi connectivity index (χ1n) is 9.42. The van der Waals surface area contributed by atoms with Crippen molar-refractivity contribution in [1.29, 1.82) is 0 Å². The fourth-order valence-corrected chi connectivity index (χ4v) is 3.75. The third-order valence-corrected chi connectivity index (χ3v) is 5.48. The van der Waals surface area contributed by atoms with Gasteiger partial charge in [-0.3, -0.25) is 9.59 Å². The second-order valence-corrected chi connectivity index (χ2v) is 7.21. The summed E-state index contributed by atoms with van der Waals surface area (Å²) in [6.45, 7) is 6.73. The molecule has 7 nitrogen and oxygen atoms in total. The van der Waals surface area contributed by atoms with Gasteiger partial charge in [0.1, 0.15) is 0 Å². The average Bonchev–Trinajstić information content (AvgIpc) is 2.68. The lowest BCUT2D eigenvalue weighted by Gasteiger charge is -2.32. The molecule has 142 valence electrons. The molecule has 2 heterocycles. The highest BCUT2D eigenvalue weighted by Gasteiger charge is 2.33. The third kappa shape index (κ3) is 4.53. The van der Waals surface area contributed by atoms with E-state index in [-0.39, 0.29) is 23.8 Å². The molecule has 2 aliphatic heterocycles. The van der Waals surface area contributed by atoms with Crippen molar-refractivity contribution in [1.82, 2.24) is 0 Å². The van der Waals surface area contributed by atoms with Gasteiger partial charge in [0.25, 0.3) is 5.91 Å². The molecule has 4 N–H and O–H groups in total. The molecule has 0 saturated carbocycles. The lowest BCUT2D eigenvalue weighted by molar-refractivity contribution is -0.921. The minimum absolute atomic E-state index is 0.0238. The number of carbonyl (C=O) groups excluding carboxylic acids is 2. The Morgan fingerprint density at radius 1 is 1.27 bits per heavy atom. The van der Waals surface area contributed by atoms with Crippen LogP contribution < -0.4 is 20.9 Å². The molecule has 1 unspecified atom stereocenters. The Hall–Kier alpha value is -2.12. The Labute approximate surface area is 154 Å². The molecule has 0 radical (unpaired) electrons. The van der Waals surface area contributed by atoms with Gasteiger partial charge in [-0.1, -0.05) is 0 Å². The molecule has 0 aliphatic carbocycles. The van der Waals surface area contributed by atoms with Gasteiger partial charge >= 0.3 is 0 Å². The van der Waals surface area contributed by atoms with E-state index in [9.17, 15) is 9.59 Å². The Balaban J connectivity index is 1.56. The Morgan fingerprint density at radius 2 is 1.96 bits per heavy atom. The summed E-state index contributed by atoms with van der Waals surface area (Å²) in [5.41, 5.74) is 7.38. The lowest BCUT2D eigenvalue weighted by atomic mass is 9.96. The number of nitrogens with zero attached hydrogens (tertiary/aromatic N) is 1. The number of nitrogens with one attached hydrogen (secondary N) is 2. The first-order valence-corrected chi connectivity index (χ1v) is 9.42. The Bertz CT molecular complexity index is 628. The van der Waals surface area contributed by atoms with Gasteiger partial charge in [-0.2, -0.15) is 0 Å². The summed E-state index contributed by atoms with van der Waals surface area (Å²) in [5.74, 6) is -0.403. The van der Waals surface area contributed by atoms with Crippen molar-refractivity contribution in [3.8, 4) is 0 Å². The molecule has 1 aromatic carbocycles. The van der Waals surface area contributed by atoms with Crippen molar-refractivity contribution in [2.24, 2.45) is 11.7 Å². The lowest BCUT2D eigenvalue weighted by Crippen LogP contribution is -3.18. The maximum Gasteiger partial charge on any atom is 0.282 e. The Morgan fingerprint density at radius 3 is 2.62 bits per heavy atom. The maximum absolute atomic E-state index is 12.6. The van der Waals surface area contributed by atoms with Crippen molar-refractivity contribution in [2.45, 2.75) is 25.8 Å². The zero-order valence-electron chi connectivity index (χ0n) is 15.4. The average molecular weight is 361 g/mol. The zero-order valence-corrected chi connectivity index (χ0v) is 15.4. The molecule has 7 heteroatoms. The van der Waals surface area contributed by atoms with Gasteiger partial charge in [0.15, 0.2) is 6.04 Å². The molecule has 1 aromatic rings. The van der Waals surface area contributed by atoms with Crippen LogP contribution >= 0.6 is 0 Å². The van der Waals surface area contributed by atoms with Gasteiger partial charge in [0.05, 0.1) is 32.2 Å². The van der Waals surface area contributed by atoms with Crippen molar-refractivity contribution in [3.05, 3.63) is 24.3 Å². The number of ether oxygens (including phenoxy) is 1. The Kier molecular flexibility index (Phi) is 6.11. The van der Waals surface area contributed by atoms with Gasteiger partial charge in [-0.05, 0) is 44.0 Å². The number of carbonyl (C=O) groups is 2. The monoisotopic (exact) mass is 361 g/mol. The summed E-state index contributed by atoms with van der Waals surface area (Å²) >= 11 is 0. The van der Waals surface area contributed by atoms with Gasteiger partial charge in [0, 0.05) is 24.5 Å². The highest BCUT2D eigenvalue weighted by molar-refractivity contribution is 5.93. The van der Waals surface area contributed by atoms with E-state index in [1.807, 2.05) is 31.2 Å². The van der Waals surface area contributed by atoms with Crippen molar-refractivity contribution in [2.75, 3.05) is 49.6 Å². The highest BCUT2D eigenvalue weighted by atomic mass is 16.5. The predicted molar refractivity (Wildman–Crippen MR) is 100 cm³/mol. The second kappa shape index (κ2) is 8.51. The summed E-state index contributed by atoms with van der Waals surface area (Å²) in [4.78, 5) is 27.4. The van der Waals surface area contributed by atoms with E-state index >= 15 is 0 Å². The molecule has 2 aliphatic rings. The van der Waals surface area contributed by atoms with E-state index in [0.29, 0.717) is 6.54 Å². The first kappa shape index (κ1) is 18.7. The van der Waals surface area contributed by atoms with Gasteiger partial charge in [-0.25, -0.2) is 0 Å². The summed E-state index contributed by atoms with van der Waals surface area (Å²) in [6.07, 6.45) is 1.75. The molecular weight excluding hydrogens is 332 g/mol. The van der Waals surface area contributed by atoms with E-state index in [2.05, 4.69) is 10.2 Å². The maximum atomic E-state index is 12.6. The molecule has 2 saturated heterocycles. The van der Waals surface area contributed by atoms with Crippen LogP contribution in [0.2, 0.25) is 0 Å². The molecule has 0 spiro atoms. The number of morpholine rings is 1. The third-order valence-electron chi connectivity index (χ3n) is 5.48. The van der Waals surface area contributed by atoms with Gasteiger partial charge in [-0.15, -0.1) is 0 Å².